The minimum Gasteiger partial charge on any atom is -0.357 e. The van der Waals surface area contributed by atoms with Gasteiger partial charge in [0.1, 0.15) is 18.8 Å². The van der Waals surface area contributed by atoms with E-state index in [1.54, 1.807) is 4.90 Å². The first kappa shape index (κ1) is 20.0. The summed E-state index contributed by atoms with van der Waals surface area (Å²) >= 11 is 0. The van der Waals surface area contributed by atoms with E-state index in [2.05, 4.69) is 22.3 Å². The molecule has 2 N–H and O–H groups in total. The molecular weight excluding hydrogens is 406 g/mol. The van der Waals surface area contributed by atoms with Crippen LogP contribution in [0.5, 0.6) is 0 Å². The van der Waals surface area contributed by atoms with E-state index < -0.39 is 11.9 Å². The molecule has 0 saturated carbocycles. The van der Waals surface area contributed by atoms with E-state index in [1.165, 1.54) is 5.56 Å². The van der Waals surface area contributed by atoms with Crippen molar-refractivity contribution in [3.05, 3.63) is 65.4 Å². The summed E-state index contributed by atoms with van der Waals surface area (Å²) in [4.78, 5) is 43.1. The molecule has 0 spiro atoms. The Kier molecular flexibility index (Phi) is 4.97. The van der Waals surface area contributed by atoms with Gasteiger partial charge in [-0.15, -0.1) is 0 Å². The molecule has 0 aliphatic carbocycles. The van der Waals surface area contributed by atoms with E-state index in [0.717, 1.165) is 39.8 Å². The third-order valence-corrected chi connectivity index (χ3v) is 6.09. The molecule has 8 nitrogen and oxygen atoms in total. The number of carbonyl (C=O) groups is 3. The predicted octanol–water partition coefficient (Wildman–Crippen LogP) is 2.45. The van der Waals surface area contributed by atoms with E-state index in [1.807, 2.05) is 48.5 Å². The van der Waals surface area contributed by atoms with Crippen LogP contribution in [0.3, 0.4) is 0 Å². The lowest BCUT2D eigenvalue weighted by atomic mass is 9.94. The molecule has 3 heterocycles. The molecule has 1 atom stereocenters. The smallest absolute Gasteiger partial charge is 0.268 e. The summed E-state index contributed by atoms with van der Waals surface area (Å²) in [5, 5.41) is 8.92. The maximum absolute atomic E-state index is 13.1. The Morgan fingerprint density at radius 2 is 1.94 bits per heavy atom. The van der Waals surface area contributed by atoms with Gasteiger partial charge in [-0.05, 0) is 35.7 Å². The molecule has 5 rings (SSSR count). The second kappa shape index (κ2) is 7.96. The van der Waals surface area contributed by atoms with Crippen molar-refractivity contribution in [3.63, 3.8) is 0 Å². The lowest BCUT2D eigenvalue weighted by Gasteiger charge is -2.40. The zero-order valence-corrected chi connectivity index (χ0v) is 17.7. The highest BCUT2D eigenvalue weighted by atomic mass is 16.2. The number of para-hydroxylation sites is 1. The average Bonchev–Trinajstić information content (AvgIpc) is 3.18. The van der Waals surface area contributed by atoms with Crippen molar-refractivity contribution in [2.45, 2.75) is 32.4 Å². The van der Waals surface area contributed by atoms with Gasteiger partial charge >= 0.3 is 0 Å². The third-order valence-electron chi connectivity index (χ3n) is 6.09. The molecule has 1 aromatic heterocycles. The number of nitrogens with one attached hydrogen (secondary N) is 2. The van der Waals surface area contributed by atoms with Crippen molar-refractivity contribution < 1.29 is 14.4 Å². The summed E-state index contributed by atoms with van der Waals surface area (Å²) in [5.41, 5.74) is 4.83. The number of aromatic nitrogens is 1. The van der Waals surface area contributed by atoms with Gasteiger partial charge in [0.15, 0.2) is 0 Å². The number of aryl methyl sites for hydroxylation is 1. The van der Waals surface area contributed by atoms with Crippen molar-refractivity contribution in [3.8, 4) is 0 Å². The zero-order chi connectivity index (χ0) is 22.2. The summed E-state index contributed by atoms with van der Waals surface area (Å²) < 4.78 is 0. The Balaban J connectivity index is 1.31. The van der Waals surface area contributed by atoms with Gasteiger partial charge in [0.05, 0.1) is 6.54 Å². The van der Waals surface area contributed by atoms with Gasteiger partial charge in [0, 0.05) is 28.7 Å². The van der Waals surface area contributed by atoms with Gasteiger partial charge < -0.3 is 15.2 Å². The first-order chi connectivity index (χ1) is 15.5. The number of benzene rings is 2. The molecule has 2 aliphatic rings. The zero-order valence-electron chi connectivity index (χ0n) is 17.7. The predicted molar refractivity (Wildman–Crippen MR) is 121 cm³/mol. The highest BCUT2D eigenvalue weighted by molar-refractivity contribution is 6.31. The Hall–Kier alpha value is -3.94. The average molecular weight is 429 g/mol. The van der Waals surface area contributed by atoms with Crippen molar-refractivity contribution in [2.75, 3.05) is 11.9 Å². The first-order valence-corrected chi connectivity index (χ1v) is 10.7. The number of nitrogens with zero attached hydrogens (tertiary/aromatic N) is 3. The van der Waals surface area contributed by atoms with Gasteiger partial charge in [0.25, 0.3) is 11.8 Å². The number of rotatable bonds is 4. The Morgan fingerprint density at radius 3 is 2.72 bits per heavy atom. The van der Waals surface area contributed by atoms with Crippen LogP contribution in [0, 0.1) is 0 Å². The third kappa shape index (κ3) is 3.53. The number of H-pyrrole nitrogens is 1. The van der Waals surface area contributed by atoms with Crippen LogP contribution in [0.4, 0.5) is 5.69 Å². The SMILES string of the molecule is CCc1ccc(NC(=O)C=NN2CC(=O)N3Cc4[nH]c5ccccc5c4C[C@H]3C2=O)cc1. The van der Waals surface area contributed by atoms with Crippen LogP contribution in [0.15, 0.2) is 53.6 Å². The molecule has 0 bridgehead atoms. The van der Waals surface area contributed by atoms with Crippen molar-refractivity contribution in [1.82, 2.24) is 14.9 Å². The van der Waals surface area contributed by atoms with Crippen molar-refractivity contribution in [1.29, 1.82) is 0 Å². The topological polar surface area (TPSA) is 97.9 Å². The number of aromatic amines is 1. The van der Waals surface area contributed by atoms with E-state index in [4.69, 9.17) is 0 Å². The normalized spacial score (nSPS) is 18.2. The highest BCUT2D eigenvalue weighted by Crippen LogP contribution is 2.32. The van der Waals surface area contributed by atoms with Gasteiger partial charge in [-0.2, -0.15) is 5.10 Å². The van der Waals surface area contributed by atoms with Gasteiger partial charge in [0.2, 0.25) is 5.91 Å². The second-order valence-corrected chi connectivity index (χ2v) is 8.05. The van der Waals surface area contributed by atoms with Gasteiger partial charge in [-0.25, -0.2) is 5.01 Å². The molecule has 0 radical (unpaired) electrons. The van der Waals surface area contributed by atoms with Crippen LogP contribution in [-0.2, 0) is 33.8 Å². The fourth-order valence-corrected chi connectivity index (χ4v) is 4.38. The van der Waals surface area contributed by atoms with Gasteiger partial charge in [-0.3, -0.25) is 14.4 Å². The first-order valence-electron chi connectivity index (χ1n) is 10.7. The van der Waals surface area contributed by atoms with Crippen molar-refractivity contribution in [2.24, 2.45) is 5.10 Å². The van der Waals surface area contributed by atoms with Crippen molar-refractivity contribution >= 4 is 40.5 Å². The Labute approximate surface area is 184 Å². The van der Waals surface area contributed by atoms with Crippen LogP contribution < -0.4 is 5.32 Å². The lowest BCUT2D eigenvalue weighted by molar-refractivity contribution is -0.157. The number of hydrogen-bond acceptors (Lipinski definition) is 4. The summed E-state index contributed by atoms with van der Waals surface area (Å²) in [7, 11) is 0. The van der Waals surface area contributed by atoms with Crippen LogP contribution in [0.1, 0.15) is 23.7 Å². The summed E-state index contributed by atoms with van der Waals surface area (Å²) in [6.07, 6.45) is 2.39. The quantitative estimate of drug-likeness (QED) is 0.624. The largest absolute Gasteiger partial charge is 0.357 e. The molecule has 3 amide bonds. The van der Waals surface area contributed by atoms with Crippen LogP contribution in [0.25, 0.3) is 10.9 Å². The number of amides is 3. The number of hydrazone groups is 1. The molecule has 32 heavy (non-hydrogen) atoms. The van der Waals surface area contributed by atoms with E-state index >= 15 is 0 Å². The molecule has 1 saturated heterocycles. The minimum atomic E-state index is -0.621. The maximum Gasteiger partial charge on any atom is 0.268 e. The second-order valence-electron chi connectivity index (χ2n) is 8.05. The molecular formula is C24H23N5O3. The van der Waals surface area contributed by atoms with Crippen LogP contribution in [0.2, 0.25) is 0 Å². The molecule has 162 valence electrons. The fraction of sp³-hybridized carbons (Fsp3) is 0.250. The molecule has 2 aromatic carbocycles. The molecule has 8 heteroatoms. The molecule has 1 fully saturated rings. The number of anilines is 1. The van der Waals surface area contributed by atoms with E-state index in [0.29, 0.717) is 18.7 Å². The van der Waals surface area contributed by atoms with Crippen LogP contribution >= 0.6 is 0 Å². The Bertz CT molecular complexity index is 1240. The molecule has 0 unspecified atom stereocenters. The highest BCUT2D eigenvalue weighted by Gasteiger charge is 2.43. The van der Waals surface area contributed by atoms with Gasteiger partial charge in [-0.1, -0.05) is 37.3 Å². The minimum absolute atomic E-state index is 0.181. The maximum atomic E-state index is 13.1. The van der Waals surface area contributed by atoms with E-state index in [9.17, 15) is 14.4 Å². The Morgan fingerprint density at radius 1 is 1.16 bits per heavy atom. The van der Waals surface area contributed by atoms with E-state index in [-0.39, 0.29) is 18.4 Å². The summed E-state index contributed by atoms with van der Waals surface area (Å²) in [6, 6.07) is 14.8. The fourth-order valence-electron chi connectivity index (χ4n) is 4.38. The monoisotopic (exact) mass is 429 g/mol. The lowest BCUT2D eigenvalue weighted by Crippen LogP contribution is -2.60. The molecule has 3 aromatic rings. The number of hydrogen-bond donors (Lipinski definition) is 2. The number of carbonyl (C=O) groups excluding carboxylic acids is 3. The van der Waals surface area contributed by atoms with Crippen LogP contribution in [-0.4, -0.2) is 51.4 Å². The summed E-state index contributed by atoms with van der Waals surface area (Å²) in [6.45, 7) is 2.24. The summed E-state index contributed by atoms with van der Waals surface area (Å²) in [5.74, 6) is -0.928. The number of fused-ring (bicyclic) bond motifs is 4. The number of piperazine rings is 1. The standard InChI is InChI=1S/C24H23N5O3/c1-2-15-7-9-16(10-8-15)26-22(30)12-25-29-14-23(31)28-13-20-18(11-21(28)24(29)32)17-5-3-4-6-19(17)27-20/h3-10,12,21,27H,2,11,13-14H2,1H3,(H,26,30)/t21-/m0/s1. The molecule has 2 aliphatic heterocycles.